The lowest BCUT2D eigenvalue weighted by molar-refractivity contribution is 0.0600. The summed E-state index contributed by atoms with van der Waals surface area (Å²) in [5.41, 5.74) is 2.01. The van der Waals surface area contributed by atoms with Gasteiger partial charge >= 0.3 is 5.97 Å². The lowest BCUT2D eigenvalue weighted by atomic mass is 9.78. The van der Waals surface area contributed by atoms with Crippen LogP contribution in [0.25, 0.3) is 10.9 Å². The predicted octanol–water partition coefficient (Wildman–Crippen LogP) is 4.45. The topological polar surface area (TPSA) is 93.2 Å². The number of H-pyrrole nitrogens is 1. The van der Waals surface area contributed by atoms with Crippen LogP contribution in [-0.4, -0.2) is 34.6 Å². The zero-order valence-electron chi connectivity index (χ0n) is 19.6. The molecule has 178 valence electrons. The Morgan fingerprint density at radius 2 is 1.82 bits per heavy atom. The number of methoxy groups -OCH3 is 1. The number of aromatic amines is 1. The van der Waals surface area contributed by atoms with Crippen LogP contribution in [0.2, 0.25) is 0 Å². The quantitative estimate of drug-likeness (QED) is 0.417. The van der Waals surface area contributed by atoms with Crippen LogP contribution in [-0.2, 0) is 11.3 Å². The summed E-state index contributed by atoms with van der Waals surface area (Å²) < 4.78 is 6.46. The average molecular weight is 480 g/mol. The van der Waals surface area contributed by atoms with Crippen molar-refractivity contribution < 1.29 is 14.3 Å². The first-order chi connectivity index (χ1) is 16.3. The van der Waals surface area contributed by atoms with Gasteiger partial charge in [-0.2, -0.15) is 0 Å². The highest BCUT2D eigenvalue weighted by Crippen LogP contribution is 2.29. The second kappa shape index (κ2) is 9.93. The molecule has 0 bridgehead atoms. The van der Waals surface area contributed by atoms with E-state index in [0.29, 0.717) is 33.9 Å². The maximum absolute atomic E-state index is 13.1. The highest BCUT2D eigenvalue weighted by molar-refractivity contribution is 7.71. The molecule has 4 rings (SSSR count). The molecule has 34 heavy (non-hydrogen) atoms. The van der Waals surface area contributed by atoms with E-state index in [0.717, 1.165) is 18.4 Å². The van der Waals surface area contributed by atoms with Gasteiger partial charge < -0.3 is 15.0 Å². The average Bonchev–Trinajstić information content (AvgIpc) is 2.84. The fourth-order valence-corrected chi connectivity index (χ4v) is 4.88. The Labute approximate surface area is 203 Å². The normalized spacial score (nSPS) is 20.1. The number of hydrogen-bond donors (Lipinski definition) is 2. The Morgan fingerprint density at radius 3 is 2.53 bits per heavy atom. The number of carbonyl (C=O) groups is 2. The summed E-state index contributed by atoms with van der Waals surface area (Å²) >= 11 is 5.41. The van der Waals surface area contributed by atoms with Crippen LogP contribution in [0, 0.1) is 16.6 Å². The maximum atomic E-state index is 13.1. The minimum atomic E-state index is -0.484. The molecule has 3 atom stereocenters. The Kier molecular flexibility index (Phi) is 6.97. The van der Waals surface area contributed by atoms with Crippen LogP contribution >= 0.6 is 12.2 Å². The third-order valence-corrected chi connectivity index (χ3v) is 7.31. The van der Waals surface area contributed by atoms with E-state index in [4.69, 9.17) is 17.0 Å². The number of aromatic nitrogens is 2. The molecule has 3 aromatic rings. The Morgan fingerprint density at radius 1 is 1.12 bits per heavy atom. The molecule has 1 heterocycles. The molecule has 1 saturated carbocycles. The lowest BCUT2D eigenvalue weighted by Crippen LogP contribution is -2.43. The predicted molar refractivity (Wildman–Crippen MR) is 134 cm³/mol. The molecular weight excluding hydrogens is 450 g/mol. The fraction of sp³-hybridized carbons (Fsp3) is 0.385. The Hall–Kier alpha value is -3.26. The van der Waals surface area contributed by atoms with Crippen molar-refractivity contribution in [3.05, 3.63) is 74.3 Å². The van der Waals surface area contributed by atoms with E-state index in [-0.39, 0.29) is 28.8 Å². The van der Waals surface area contributed by atoms with Crippen molar-refractivity contribution in [1.29, 1.82) is 0 Å². The van der Waals surface area contributed by atoms with Gasteiger partial charge in [0.2, 0.25) is 0 Å². The van der Waals surface area contributed by atoms with Crippen LogP contribution in [0.5, 0.6) is 0 Å². The first kappa shape index (κ1) is 23.9. The van der Waals surface area contributed by atoms with Crippen LogP contribution in [0.15, 0.2) is 47.3 Å². The molecule has 1 aromatic heterocycles. The van der Waals surface area contributed by atoms with E-state index >= 15 is 0 Å². The number of fused-ring (bicyclic) bond motifs is 1. The van der Waals surface area contributed by atoms with Crippen molar-refractivity contribution in [2.45, 2.75) is 45.7 Å². The molecule has 0 unspecified atom stereocenters. The van der Waals surface area contributed by atoms with E-state index in [1.807, 2.05) is 12.1 Å². The number of carbonyl (C=O) groups excluding carboxylic acids is 2. The smallest absolute Gasteiger partial charge is 0.337 e. The largest absolute Gasteiger partial charge is 0.465 e. The van der Waals surface area contributed by atoms with Gasteiger partial charge in [0.05, 0.1) is 30.1 Å². The SMILES string of the molecule is COC(=O)c1ccc2c(=O)n(Cc3ccc(C(=O)N[C@@H]4CCC[C@H](C)[C@@H]4C)cc3)c(=S)[nH]c2c1. The first-order valence-corrected chi connectivity index (χ1v) is 11.9. The minimum Gasteiger partial charge on any atom is -0.465 e. The molecule has 1 amide bonds. The van der Waals surface area contributed by atoms with Crippen molar-refractivity contribution in [1.82, 2.24) is 14.9 Å². The van der Waals surface area contributed by atoms with E-state index < -0.39 is 5.97 Å². The number of esters is 1. The number of amides is 1. The summed E-state index contributed by atoms with van der Waals surface area (Å²) in [7, 11) is 1.30. The van der Waals surface area contributed by atoms with Gasteiger partial charge in [0, 0.05) is 11.6 Å². The molecule has 7 nitrogen and oxygen atoms in total. The van der Waals surface area contributed by atoms with Crippen LogP contribution in [0.4, 0.5) is 0 Å². The Bertz CT molecular complexity index is 1340. The summed E-state index contributed by atoms with van der Waals surface area (Å²) in [6.45, 7) is 4.72. The molecule has 2 N–H and O–H groups in total. The van der Waals surface area contributed by atoms with E-state index in [2.05, 4.69) is 24.1 Å². The summed E-state index contributed by atoms with van der Waals surface area (Å²) in [5.74, 6) is 0.515. The van der Waals surface area contributed by atoms with Gasteiger partial charge in [0.1, 0.15) is 0 Å². The summed E-state index contributed by atoms with van der Waals surface area (Å²) in [4.78, 5) is 40.6. The molecule has 0 aliphatic heterocycles. The van der Waals surface area contributed by atoms with Crippen LogP contribution in [0.3, 0.4) is 0 Å². The summed E-state index contributed by atoms with van der Waals surface area (Å²) in [6, 6.07) is 12.1. The second-order valence-electron chi connectivity index (χ2n) is 9.12. The number of rotatable bonds is 5. The number of benzene rings is 2. The third kappa shape index (κ3) is 4.82. The van der Waals surface area contributed by atoms with Gasteiger partial charge in [-0.1, -0.05) is 38.8 Å². The second-order valence-corrected chi connectivity index (χ2v) is 9.50. The van der Waals surface area contributed by atoms with E-state index in [1.54, 1.807) is 30.3 Å². The van der Waals surface area contributed by atoms with Gasteiger partial charge in [-0.3, -0.25) is 14.2 Å². The monoisotopic (exact) mass is 479 g/mol. The maximum Gasteiger partial charge on any atom is 0.337 e. The van der Waals surface area contributed by atoms with Crippen molar-refractivity contribution >= 4 is 35.0 Å². The van der Waals surface area contributed by atoms with Crippen molar-refractivity contribution in [3.63, 3.8) is 0 Å². The molecule has 8 heteroatoms. The molecule has 1 fully saturated rings. The molecule has 1 aliphatic carbocycles. The van der Waals surface area contributed by atoms with Gasteiger partial charge in [-0.05, 0) is 66.4 Å². The van der Waals surface area contributed by atoms with Crippen LogP contribution in [0.1, 0.15) is 59.4 Å². The lowest BCUT2D eigenvalue weighted by Gasteiger charge is -2.34. The van der Waals surface area contributed by atoms with Crippen LogP contribution < -0.4 is 10.9 Å². The van der Waals surface area contributed by atoms with Gasteiger partial charge in [-0.25, -0.2) is 4.79 Å². The zero-order valence-corrected chi connectivity index (χ0v) is 20.4. The van der Waals surface area contributed by atoms with Crippen molar-refractivity contribution in [2.75, 3.05) is 7.11 Å². The molecule has 0 radical (unpaired) electrons. The standard InChI is InChI=1S/C26H29N3O4S/c1-15-5-4-6-21(16(15)2)27-23(30)18-9-7-17(8-10-18)14-29-24(31)20-12-11-19(25(32)33-3)13-22(20)28-26(29)34/h7-13,15-16,21H,4-6,14H2,1-3H3,(H,27,30)(H,28,34)/t15-,16-,21+/m0/s1. The van der Waals surface area contributed by atoms with Crippen molar-refractivity contribution in [3.8, 4) is 0 Å². The fourth-order valence-electron chi connectivity index (χ4n) is 4.62. The van der Waals surface area contributed by atoms with Gasteiger partial charge in [0.25, 0.3) is 11.5 Å². The zero-order chi connectivity index (χ0) is 24.4. The highest BCUT2D eigenvalue weighted by atomic mass is 32.1. The number of hydrogen-bond acceptors (Lipinski definition) is 5. The number of nitrogens with zero attached hydrogens (tertiary/aromatic N) is 1. The summed E-state index contributed by atoms with van der Waals surface area (Å²) in [6.07, 6.45) is 3.37. The molecule has 0 spiro atoms. The Balaban J connectivity index is 1.52. The summed E-state index contributed by atoms with van der Waals surface area (Å²) in [5, 5.41) is 3.61. The van der Waals surface area contributed by atoms with Gasteiger partial charge in [-0.15, -0.1) is 0 Å². The van der Waals surface area contributed by atoms with Gasteiger partial charge in [0.15, 0.2) is 4.77 Å². The number of nitrogens with one attached hydrogen (secondary N) is 2. The highest BCUT2D eigenvalue weighted by Gasteiger charge is 2.28. The third-order valence-electron chi connectivity index (χ3n) is 6.98. The van der Waals surface area contributed by atoms with E-state index in [1.165, 1.54) is 18.1 Å². The van der Waals surface area contributed by atoms with E-state index in [9.17, 15) is 14.4 Å². The molecule has 2 aromatic carbocycles. The van der Waals surface area contributed by atoms with Crippen molar-refractivity contribution in [2.24, 2.45) is 11.8 Å². The first-order valence-electron chi connectivity index (χ1n) is 11.5. The number of ether oxygens (including phenoxy) is 1. The minimum absolute atomic E-state index is 0.0703. The molecular formula is C26H29N3O4S. The molecule has 1 aliphatic rings. The molecule has 0 saturated heterocycles.